The number of non-ortho nitro benzene ring substituents is 1. The van der Waals surface area contributed by atoms with Gasteiger partial charge in [-0.3, -0.25) is 19.9 Å². The quantitative estimate of drug-likeness (QED) is 0.208. The van der Waals surface area contributed by atoms with Crippen LogP contribution in [0.4, 0.5) is 17.6 Å². The van der Waals surface area contributed by atoms with E-state index < -0.39 is 0 Å². The van der Waals surface area contributed by atoms with Crippen LogP contribution in [-0.2, 0) is 4.74 Å². The third-order valence-electron chi connectivity index (χ3n) is 8.04. The van der Waals surface area contributed by atoms with Gasteiger partial charge < -0.3 is 4.74 Å². The fourth-order valence-electron chi connectivity index (χ4n) is 6.44. The van der Waals surface area contributed by atoms with E-state index in [1.165, 1.54) is 0 Å². The van der Waals surface area contributed by atoms with E-state index in [4.69, 9.17) is 4.74 Å². The second-order valence-electron chi connectivity index (χ2n) is 10.1. The van der Waals surface area contributed by atoms with E-state index >= 15 is 0 Å². The van der Waals surface area contributed by atoms with Gasteiger partial charge in [-0.1, -0.05) is 12.1 Å². The lowest BCUT2D eigenvalue weighted by Crippen LogP contribution is -2.42. The molecule has 0 spiro atoms. The summed E-state index contributed by atoms with van der Waals surface area (Å²) < 4.78 is 14.7. The van der Waals surface area contributed by atoms with Crippen molar-refractivity contribution in [2.24, 2.45) is 0 Å². The van der Waals surface area contributed by atoms with Gasteiger partial charge in [0.2, 0.25) is 0 Å². The van der Waals surface area contributed by atoms with Crippen LogP contribution in [0.25, 0.3) is 33.1 Å². The smallest absolute Gasteiger partial charge is 0.370 e. The van der Waals surface area contributed by atoms with Gasteiger partial charge in [0, 0.05) is 6.07 Å². The number of fused-ring (bicyclic) bond motifs is 10. The molecule has 2 saturated heterocycles. The lowest BCUT2D eigenvalue weighted by molar-refractivity contribution is -0.498. The number of aromatic nitrogens is 4. The summed E-state index contributed by atoms with van der Waals surface area (Å²) in [4.78, 5) is 16.4. The number of nitro benzene ring substituents is 1. The maximum absolute atomic E-state index is 12.0. The number of nitrogens with zero attached hydrogens (tertiary/aromatic N) is 7. The van der Waals surface area contributed by atoms with Gasteiger partial charge in [-0.15, -0.1) is 0 Å². The molecule has 10 heteroatoms. The topological polar surface area (TPSA) is 75.9 Å². The Morgan fingerprint density at radius 1 is 0.737 bits per heavy atom. The zero-order valence-electron chi connectivity index (χ0n) is 20.9. The predicted molar refractivity (Wildman–Crippen MR) is 143 cm³/mol. The van der Waals surface area contributed by atoms with Crippen LogP contribution in [0.2, 0.25) is 0 Å². The Kier molecular flexibility index (Phi) is 4.57. The Labute approximate surface area is 217 Å². The molecule has 2 fully saturated rings. The summed E-state index contributed by atoms with van der Waals surface area (Å²) in [6.45, 7) is 4.76. The number of ether oxygens (including phenoxy) is 1. The van der Waals surface area contributed by atoms with E-state index in [0.29, 0.717) is 13.2 Å². The minimum Gasteiger partial charge on any atom is -0.375 e. The molecule has 0 unspecified atom stereocenters. The predicted octanol–water partition coefficient (Wildman–Crippen LogP) is 3.17. The second kappa shape index (κ2) is 8.03. The number of hydrogen-bond donors (Lipinski definition) is 0. The molecule has 6 aromatic rings. The fourth-order valence-corrected chi connectivity index (χ4v) is 6.44. The van der Waals surface area contributed by atoms with Crippen LogP contribution in [-0.4, -0.2) is 53.1 Å². The van der Waals surface area contributed by atoms with Crippen molar-refractivity contribution in [1.29, 1.82) is 0 Å². The maximum atomic E-state index is 12.0. The number of rotatable bonds is 3. The van der Waals surface area contributed by atoms with Gasteiger partial charge in [0.1, 0.15) is 5.52 Å². The summed E-state index contributed by atoms with van der Waals surface area (Å²) in [5.74, 6) is 2.09. The van der Waals surface area contributed by atoms with E-state index in [-0.39, 0.29) is 10.6 Å². The molecule has 2 aliphatic heterocycles. The lowest BCUT2D eigenvalue weighted by atomic mass is 10.2. The van der Waals surface area contributed by atoms with Crippen molar-refractivity contribution in [2.75, 3.05) is 49.2 Å². The number of morpholine rings is 1. The largest absolute Gasteiger partial charge is 0.375 e. The average Bonchev–Trinajstić information content (AvgIpc) is 3.68. The SMILES string of the molecule is O=[N+]([O-])c1ccc2c(c1)n1c(N3CCOCC3)[n+]3ccccc3c1c1c3cccc[n+]3c(N3CCCC3)n21. The van der Waals surface area contributed by atoms with Crippen LogP contribution in [0.1, 0.15) is 12.8 Å². The molecule has 0 aliphatic carbocycles. The summed E-state index contributed by atoms with van der Waals surface area (Å²) in [6, 6.07) is 17.8. The minimum atomic E-state index is -0.303. The van der Waals surface area contributed by atoms with Gasteiger partial charge in [0.15, 0.2) is 27.6 Å². The Morgan fingerprint density at radius 3 is 1.92 bits per heavy atom. The average molecular weight is 510 g/mol. The number of anilines is 2. The molecule has 0 saturated carbocycles. The summed E-state index contributed by atoms with van der Waals surface area (Å²) in [5, 5.41) is 12.0. The Bertz CT molecular complexity index is 1910. The standard InChI is InChI=1S/C28H27N7O3/c36-35(37)20-9-10-21-24(19-20)34-26(23-8-2-4-14-32(23)28(34)30-15-17-38-18-16-30)25-22-7-1-3-13-31(22)27(33(21)25)29-11-5-6-12-29/h1-4,7-10,13-14,19H,5-6,11-12,15-18H2/q+2. The van der Waals surface area contributed by atoms with Crippen molar-refractivity contribution in [3.05, 3.63) is 77.1 Å². The van der Waals surface area contributed by atoms with Crippen LogP contribution >= 0.6 is 0 Å². The van der Waals surface area contributed by atoms with Crippen LogP contribution in [0.15, 0.2) is 67.0 Å². The highest BCUT2D eigenvalue weighted by Gasteiger charge is 2.37. The number of nitro groups is 1. The van der Waals surface area contributed by atoms with Crippen molar-refractivity contribution in [2.45, 2.75) is 12.8 Å². The highest BCUT2D eigenvalue weighted by molar-refractivity contribution is 6.04. The summed E-state index contributed by atoms with van der Waals surface area (Å²) >= 11 is 0. The van der Waals surface area contributed by atoms with Crippen molar-refractivity contribution in [3.8, 4) is 0 Å². The third-order valence-corrected chi connectivity index (χ3v) is 8.04. The molecule has 8 rings (SSSR count). The Balaban J connectivity index is 1.67. The van der Waals surface area contributed by atoms with Crippen molar-refractivity contribution in [1.82, 2.24) is 8.80 Å². The van der Waals surface area contributed by atoms with Gasteiger partial charge in [-0.2, -0.15) is 8.80 Å². The number of imidazole rings is 2. The van der Waals surface area contributed by atoms with Gasteiger partial charge in [-0.25, -0.2) is 8.80 Å². The first-order chi connectivity index (χ1) is 18.7. The molecule has 0 atom stereocenters. The first-order valence-corrected chi connectivity index (χ1v) is 13.2. The molecule has 10 nitrogen and oxygen atoms in total. The van der Waals surface area contributed by atoms with Crippen LogP contribution < -0.4 is 18.6 Å². The first kappa shape index (κ1) is 21.6. The zero-order valence-corrected chi connectivity index (χ0v) is 20.9. The first-order valence-electron chi connectivity index (χ1n) is 13.2. The van der Waals surface area contributed by atoms with Crippen molar-refractivity contribution in [3.63, 3.8) is 0 Å². The molecular weight excluding hydrogens is 482 g/mol. The molecule has 7 heterocycles. The number of benzene rings is 1. The molecule has 0 radical (unpaired) electrons. The van der Waals surface area contributed by atoms with E-state index in [2.05, 4.69) is 70.1 Å². The maximum Gasteiger partial charge on any atom is 0.370 e. The number of hydrogen-bond acceptors (Lipinski definition) is 5. The second-order valence-corrected chi connectivity index (χ2v) is 10.1. The zero-order chi connectivity index (χ0) is 25.4. The van der Waals surface area contributed by atoms with Crippen molar-refractivity contribution >= 4 is 50.7 Å². The molecule has 5 aromatic heterocycles. The highest BCUT2D eigenvalue weighted by Crippen LogP contribution is 2.36. The molecule has 38 heavy (non-hydrogen) atoms. The van der Waals surface area contributed by atoms with Crippen LogP contribution in [0.3, 0.4) is 0 Å². The highest BCUT2D eigenvalue weighted by atomic mass is 16.6. The summed E-state index contributed by atoms with van der Waals surface area (Å²) in [5.41, 5.74) is 6.14. The summed E-state index contributed by atoms with van der Waals surface area (Å²) in [6.07, 6.45) is 6.52. The van der Waals surface area contributed by atoms with Gasteiger partial charge in [0.05, 0.1) is 62.8 Å². The molecule has 0 N–H and O–H groups in total. The Morgan fingerprint density at radius 2 is 1.32 bits per heavy atom. The normalized spacial score (nSPS) is 16.6. The molecule has 0 bridgehead atoms. The van der Waals surface area contributed by atoms with Gasteiger partial charge >= 0.3 is 11.9 Å². The molecular formula is C28H27N7O3+2. The Hall–Kier alpha value is -4.44. The fraction of sp³-hybridized carbons (Fsp3) is 0.286. The molecule has 190 valence electrons. The van der Waals surface area contributed by atoms with Crippen LogP contribution in [0.5, 0.6) is 0 Å². The van der Waals surface area contributed by atoms with Crippen LogP contribution in [0, 0.1) is 10.1 Å². The van der Waals surface area contributed by atoms with Gasteiger partial charge in [0.25, 0.3) is 5.69 Å². The molecule has 1 aromatic carbocycles. The van der Waals surface area contributed by atoms with E-state index in [0.717, 1.165) is 84.0 Å². The molecule has 2 aliphatic rings. The van der Waals surface area contributed by atoms with Crippen molar-refractivity contribution < 1.29 is 18.5 Å². The van der Waals surface area contributed by atoms with E-state index in [1.807, 2.05) is 12.1 Å². The molecule has 0 amide bonds. The summed E-state index contributed by atoms with van der Waals surface area (Å²) in [7, 11) is 0. The number of pyridine rings is 2. The monoisotopic (exact) mass is 509 g/mol. The van der Waals surface area contributed by atoms with E-state index in [9.17, 15) is 10.1 Å². The minimum absolute atomic E-state index is 0.0842. The van der Waals surface area contributed by atoms with Gasteiger partial charge in [-0.05, 0) is 43.2 Å². The third kappa shape index (κ3) is 2.86. The van der Waals surface area contributed by atoms with E-state index in [1.54, 1.807) is 12.1 Å². The lowest BCUT2D eigenvalue weighted by Gasteiger charge is -2.22.